The molecule has 0 aromatic carbocycles. The molecule has 0 spiro atoms. The molecule has 2 rings (SSSR count). The summed E-state index contributed by atoms with van der Waals surface area (Å²) in [6.07, 6.45) is 3.59. The van der Waals surface area contributed by atoms with Crippen LogP contribution >= 0.6 is 0 Å². The first kappa shape index (κ1) is 11.9. The van der Waals surface area contributed by atoms with Gasteiger partial charge in [-0.3, -0.25) is 4.68 Å². The molecule has 0 aliphatic rings. The second kappa shape index (κ2) is 4.00. The normalized spacial score (nSPS) is 12.1. The first-order valence-electron chi connectivity index (χ1n) is 5.61. The lowest BCUT2D eigenvalue weighted by Gasteiger charge is -2.16. The number of imidazole rings is 1. The molecule has 0 atom stereocenters. The minimum absolute atomic E-state index is 0.0296. The van der Waals surface area contributed by atoms with Crippen molar-refractivity contribution in [3.63, 3.8) is 0 Å². The number of aryl methyl sites for hydroxylation is 1. The molecule has 92 valence electrons. The van der Waals surface area contributed by atoms with Gasteiger partial charge in [0.15, 0.2) is 0 Å². The molecule has 2 N–H and O–H groups in total. The number of rotatable bonds is 2. The lowest BCUT2D eigenvalue weighted by atomic mass is 9.89. The number of hydrogen-bond donors (Lipinski definition) is 2. The zero-order valence-electron chi connectivity index (χ0n) is 10.7. The van der Waals surface area contributed by atoms with Gasteiger partial charge >= 0.3 is 0 Å². The van der Waals surface area contributed by atoms with E-state index < -0.39 is 0 Å². The molecule has 0 aliphatic carbocycles. The van der Waals surface area contributed by atoms with Gasteiger partial charge in [0.2, 0.25) is 0 Å². The van der Waals surface area contributed by atoms with Crippen LogP contribution in [0.15, 0.2) is 12.4 Å². The zero-order chi connectivity index (χ0) is 12.6. The van der Waals surface area contributed by atoms with Crippen LogP contribution in [0.1, 0.15) is 32.2 Å². The van der Waals surface area contributed by atoms with Crippen LogP contribution in [0.5, 0.6) is 0 Å². The van der Waals surface area contributed by atoms with Gasteiger partial charge in [0.25, 0.3) is 0 Å². The highest BCUT2D eigenvalue weighted by Gasteiger charge is 2.24. The van der Waals surface area contributed by atoms with Crippen molar-refractivity contribution in [2.24, 2.45) is 7.05 Å². The standard InChI is InChI=1S/C12H18N4O/c1-12(2,3)10-9(6-16(4)15-10)11-13-5-8(7-17)14-11/h5-6,17H,7H2,1-4H3,(H,13,14). The van der Waals surface area contributed by atoms with Crippen molar-refractivity contribution >= 4 is 0 Å². The first-order valence-corrected chi connectivity index (χ1v) is 5.61. The van der Waals surface area contributed by atoms with Crippen LogP contribution in [0.4, 0.5) is 0 Å². The van der Waals surface area contributed by atoms with Gasteiger partial charge in [0.1, 0.15) is 5.82 Å². The third-order valence-corrected chi connectivity index (χ3v) is 2.59. The Bertz CT molecular complexity index is 519. The van der Waals surface area contributed by atoms with Gasteiger partial charge in [-0.05, 0) is 0 Å². The molecule has 5 nitrogen and oxygen atoms in total. The maximum atomic E-state index is 9.04. The number of aliphatic hydroxyl groups excluding tert-OH is 1. The maximum absolute atomic E-state index is 9.04. The van der Waals surface area contributed by atoms with Crippen molar-refractivity contribution in [3.8, 4) is 11.4 Å². The van der Waals surface area contributed by atoms with E-state index in [1.807, 2.05) is 13.2 Å². The molecule has 0 radical (unpaired) electrons. The van der Waals surface area contributed by atoms with Crippen LogP contribution in [0.25, 0.3) is 11.4 Å². The lowest BCUT2D eigenvalue weighted by molar-refractivity contribution is 0.277. The number of aliphatic hydroxyl groups is 1. The van der Waals surface area contributed by atoms with Gasteiger partial charge in [-0.2, -0.15) is 5.10 Å². The second-order valence-corrected chi connectivity index (χ2v) is 5.23. The maximum Gasteiger partial charge on any atom is 0.141 e. The fourth-order valence-corrected chi connectivity index (χ4v) is 1.79. The number of aromatic amines is 1. The highest BCUT2D eigenvalue weighted by molar-refractivity contribution is 5.59. The van der Waals surface area contributed by atoms with Gasteiger partial charge in [-0.25, -0.2) is 4.98 Å². The van der Waals surface area contributed by atoms with Crippen molar-refractivity contribution in [2.75, 3.05) is 0 Å². The fourth-order valence-electron chi connectivity index (χ4n) is 1.79. The SMILES string of the molecule is Cn1cc(-c2ncc(CO)[nH]2)c(C(C)(C)C)n1. The average molecular weight is 234 g/mol. The molecule has 0 fully saturated rings. The topological polar surface area (TPSA) is 66.7 Å². The minimum atomic E-state index is -0.0389. The molecule has 0 aliphatic heterocycles. The molecule has 0 saturated heterocycles. The number of hydrogen-bond acceptors (Lipinski definition) is 3. The predicted octanol–water partition coefficient (Wildman–Crippen LogP) is 1.60. The second-order valence-electron chi connectivity index (χ2n) is 5.23. The summed E-state index contributed by atoms with van der Waals surface area (Å²) in [6.45, 7) is 6.33. The molecule has 0 amide bonds. The van der Waals surface area contributed by atoms with E-state index in [2.05, 4.69) is 35.8 Å². The molecular formula is C12H18N4O. The summed E-state index contributed by atoms with van der Waals surface area (Å²) in [6, 6.07) is 0. The van der Waals surface area contributed by atoms with Crippen molar-refractivity contribution in [1.29, 1.82) is 0 Å². The van der Waals surface area contributed by atoms with E-state index in [1.54, 1.807) is 10.9 Å². The van der Waals surface area contributed by atoms with Crippen LogP contribution in [0.2, 0.25) is 0 Å². The molecule has 5 heteroatoms. The van der Waals surface area contributed by atoms with Crippen molar-refractivity contribution < 1.29 is 5.11 Å². The Balaban J connectivity index is 2.51. The predicted molar refractivity (Wildman–Crippen MR) is 65.4 cm³/mol. The number of aromatic nitrogens is 4. The first-order chi connectivity index (χ1) is 7.91. The summed E-state index contributed by atoms with van der Waals surface area (Å²) < 4.78 is 1.79. The summed E-state index contributed by atoms with van der Waals surface area (Å²) in [5.41, 5.74) is 2.66. The Labute approximate surface area is 101 Å². The third kappa shape index (κ3) is 2.24. The third-order valence-electron chi connectivity index (χ3n) is 2.59. The van der Waals surface area contributed by atoms with E-state index in [0.717, 1.165) is 17.1 Å². The fraction of sp³-hybridized carbons (Fsp3) is 0.500. The highest BCUT2D eigenvalue weighted by atomic mass is 16.3. The summed E-state index contributed by atoms with van der Waals surface area (Å²) in [4.78, 5) is 7.37. The number of nitrogens with zero attached hydrogens (tertiary/aromatic N) is 3. The van der Waals surface area contributed by atoms with E-state index in [1.165, 1.54) is 0 Å². The van der Waals surface area contributed by atoms with Crippen LogP contribution in [0, 0.1) is 0 Å². The molecular weight excluding hydrogens is 216 g/mol. The Kier molecular flexibility index (Phi) is 2.79. The van der Waals surface area contributed by atoms with Gasteiger partial charge < -0.3 is 10.1 Å². The summed E-state index contributed by atoms with van der Waals surface area (Å²) >= 11 is 0. The quantitative estimate of drug-likeness (QED) is 0.829. The largest absolute Gasteiger partial charge is 0.390 e. The van der Waals surface area contributed by atoms with Crippen LogP contribution in [-0.2, 0) is 19.1 Å². The van der Waals surface area contributed by atoms with Crippen LogP contribution in [0.3, 0.4) is 0 Å². The average Bonchev–Trinajstić information content (AvgIpc) is 2.81. The lowest BCUT2D eigenvalue weighted by Crippen LogP contribution is -2.14. The zero-order valence-corrected chi connectivity index (χ0v) is 10.7. The Morgan fingerprint density at radius 1 is 1.41 bits per heavy atom. The molecule has 2 aromatic heterocycles. The number of nitrogens with one attached hydrogen (secondary N) is 1. The molecule has 0 unspecified atom stereocenters. The molecule has 2 aromatic rings. The minimum Gasteiger partial charge on any atom is -0.390 e. The van der Waals surface area contributed by atoms with Crippen molar-refractivity contribution in [2.45, 2.75) is 32.8 Å². The van der Waals surface area contributed by atoms with Crippen molar-refractivity contribution in [1.82, 2.24) is 19.7 Å². The van der Waals surface area contributed by atoms with Crippen LogP contribution < -0.4 is 0 Å². The highest BCUT2D eigenvalue weighted by Crippen LogP contribution is 2.30. The smallest absolute Gasteiger partial charge is 0.141 e. The van der Waals surface area contributed by atoms with Crippen LogP contribution in [-0.4, -0.2) is 24.9 Å². The number of H-pyrrole nitrogens is 1. The molecule has 17 heavy (non-hydrogen) atoms. The van der Waals surface area contributed by atoms with E-state index in [0.29, 0.717) is 5.69 Å². The van der Waals surface area contributed by atoms with E-state index in [9.17, 15) is 0 Å². The Morgan fingerprint density at radius 2 is 2.12 bits per heavy atom. The van der Waals surface area contributed by atoms with E-state index in [-0.39, 0.29) is 12.0 Å². The van der Waals surface area contributed by atoms with Crippen molar-refractivity contribution in [3.05, 3.63) is 23.8 Å². The van der Waals surface area contributed by atoms with E-state index in [4.69, 9.17) is 5.11 Å². The Hall–Kier alpha value is -1.62. The van der Waals surface area contributed by atoms with Gasteiger partial charge in [0, 0.05) is 18.7 Å². The monoisotopic (exact) mass is 234 g/mol. The van der Waals surface area contributed by atoms with Gasteiger partial charge in [-0.1, -0.05) is 20.8 Å². The Morgan fingerprint density at radius 3 is 2.65 bits per heavy atom. The van der Waals surface area contributed by atoms with Gasteiger partial charge in [-0.15, -0.1) is 0 Å². The summed E-state index contributed by atoms with van der Waals surface area (Å²) in [7, 11) is 1.90. The summed E-state index contributed by atoms with van der Waals surface area (Å²) in [5.74, 6) is 0.757. The summed E-state index contributed by atoms with van der Waals surface area (Å²) in [5, 5.41) is 13.5. The molecule has 0 saturated carbocycles. The van der Waals surface area contributed by atoms with E-state index >= 15 is 0 Å². The molecule has 0 bridgehead atoms. The molecule has 2 heterocycles. The van der Waals surface area contributed by atoms with Gasteiger partial charge in [0.05, 0.1) is 29.8 Å².